The van der Waals surface area contributed by atoms with E-state index in [1.165, 1.54) is 5.32 Å². The van der Waals surface area contributed by atoms with Gasteiger partial charge in [0.05, 0.1) is 11.3 Å². The molecule has 1 aromatic rings. The second kappa shape index (κ2) is 4.37. The van der Waals surface area contributed by atoms with E-state index in [1.54, 1.807) is 5.92 Å². The first-order valence-corrected chi connectivity index (χ1v) is 5.31. The topological polar surface area (TPSA) is 41.1 Å². The number of nitrogens with one attached hydrogen (secondary N) is 2. The molecular weight excluding hydrogens is 283 g/mol. The van der Waals surface area contributed by atoms with E-state index in [9.17, 15) is 26.7 Å². The summed E-state index contributed by atoms with van der Waals surface area (Å²) in [6.07, 6.45) is -5.13. The Morgan fingerprint density at radius 1 is 1.25 bits per heavy atom. The lowest BCUT2D eigenvalue weighted by Crippen LogP contribution is -2.59. The molecule has 106 valence electrons. The Balaban J connectivity index is 2.87. The molecule has 0 saturated heterocycles. The van der Waals surface area contributed by atoms with E-state index in [-0.39, 0.29) is 0 Å². The molecule has 8 heteroatoms. The minimum Gasteiger partial charge on any atom is -0.310 e. The van der Waals surface area contributed by atoms with Crippen LogP contribution in [0.5, 0.6) is 0 Å². The lowest BCUT2D eigenvalue weighted by Gasteiger charge is -2.37. The second-order valence-electron chi connectivity index (χ2n) is 3.99. The monoisotopic (exact) mass is 290 g/mol. The van der Waals surface area contributed by atoms with Crippen molar-refractivity contribution >= 4 is 11.7 Å². The summed E-state index contributed by atoms with van der Waals surface area (Å²) in [6.45, 7) is 1.10. The van der Waals surface area contributed by atoms with Gasteiger partial charge in [0.25, 0.3) is 0 Å². The molecule has 1 atom stereocenters. The maximum atomic E-state index is 13.8. The highest BCUT2D eigenvalue weighted by atomic mass is 19.4. The third-order valence-corrected chi connectivity index (χ3v) is 2.76. The lowest BCUT2D eigenvalue weighted by atomic mass is 9.86. The SMILES string of the molecule is CC#CC1(C(F)(F)F)NC(=O)Nc2ccc(F)c(F)c21. The third kappa shape index (κ3) is 1.86. The Labute approximate surface area is 110 Å². The molecule has 2 rings (SSSR count). The largest absolute Gasteiger partial charge is 0.427 e. The third-order valence-electron chi connectivity index (χ3n) is 2.76. The van der Waals surface area contributed by atoms with Crippen LogP contribution in [0.1, 0.15) is 12.5 Å². The summed E-state index contributed by atoms with van der Waals surface area (Å²) in [6, 6.07) is 0.272. The van der Waals surface area contributed by atoms with Crippen LogP contribution in [-0.2, 0) is 5.54 Å². The number of carbonyl (C=O) groups is 1. The summed E-state index contributed by atoms with van der Waals surface area (Å²) in [4.78, 5) is 11.4. The van der Waals surface area contributed by atoms with Crippen molar-refractivity contribution < 1.29 is 26.7 Å². The fourth-order valence-electron chi connectivity index (χ4n) is 1.97. The summed E-state index contributed by atoms with van der Waals surface area (Å²) in [5, 5.41) is 3.53. The predicted molar refractivity (Wildman–Crippen MR) is 59.7 cm³/mol. The molecule has 0 aliphatic carbocycles. The second-order valence-corrected chi connectivity index (χ2v) is 3.99. The van der Waals surface area contributed by atoms with Crippen molar-refractivity contribution in [3.63, 3.8) is 0 Å². The number of rotatable bonds is 0. The molecule has 2 N–H and O–H groups in total. The van der Waals surface area contributed by atoms with Crippen LogP contribution in [0.3, 0.4) is 0 Å². The van der Waals surface area contributed by atoms with Crippen molar-refractivity contribution in [2.24, 2.45) is 0 Å². The van der Waals surface area contributed by atoms with E-state index in [0.29, 0.717) is 6.07 Å². The summed E-state index contributed by atoms with van der Waals surface area (Å²) in [5.41, 5.74) is -4.85. The summed E-state index contributed by atoms with van der Waals surface area (Å²) in [7, 11) is 0. The molecule has 1 aliphatic rings. The van der Waals surface area contributed by atoms with E-state index in [1.807, 2.05) is 11.2 Å². The predicted octanol–water partition coefficient (Wildman–Crippen LogP) is 2.88. The fourth-order valence-corrected chi connectivity index (χ4v) is 1.97. The van der Waals surface area contributed by atoms with E-state index in [0.717, 1.165) is 13.0 Å². The Kier molecular flexibility index (Phi) is 3.08. The van der Waals surface area contributed by atoms with Gasteiger partial charge in [0, 0.05) is 0 Å². The van der Waals surface area contributed by atoms with Crippen molar-refractivity contribution in [2.75, 3.05) is 5.32 Å². The number of carbonyl (C=O) groups excluding carboxylic acids is 1. The molecule has 20 heavy (non-hydrogen) atoms. The number of amides is 2. The average Bonchev–Trinajstić information content (AvgIpc) is 2.32. The Hall–Kier alpha value is -2.30. The standard InChI is InChI=1S/C12H7F5N2O/c1-2-5-11(12(15,16)17)8-7(18-10(20)19-11)4-3-6(13)9(8)14/h3-4H,1H3,(H2,18,19,20). The molecule has 3 nitrogen and oxygen atoms in total. The zero-order valence-corrected chi connectivity index (χ0v) is 9.95. The van der Waals surface area contributed by atoms with Crippen LogP contribution in [0.4, 0.5) is 32.4 Å². The molecule has 1 heterocycles. The number of anilines is 1. The molecule has 0 bridgehead atoms. The van der Waals surface area contributed by atoms with Crippen LogP contribution < -0.4 is 10.6 Å². The summed E-state index contributed by atoms with van der Waals surface area (Å²) >= 11 is 0. The zero-order valence-electron chi connectivity index (χ0n) is 9.95. The summed E-state index contributed by atoms with van der Waals surface area (Å²) in [5.74, 6) is 0.553. The van der Waals surface area contributed by atoms with Gasteiger partial charge >= 0.3 is 12.2 Å². The normalized spacial score (nSPS) is 21.2. The summed E-state index contributed by atoms with van der Waals surface area (Å²) < 4.78 is 67.0. The van der Waals surface area contributed by atoms with Gasteiger partial charge in [-0.2, -0.15) is 13.2 Å². The van der Waals surface area contributed by atoms with Crippen molar-refractivity contribution in [2.45, 2.75) is 18.6 Å². The van der Waals surface area contributed by atoms with Gasteiger partial charge in [0.15, 0.2) is 11.6 Å². The average molecular weight is 290 g/mol. The van der Waals surface area contributed by atoms with E-state index >= 15 is 0 Å². The Morgan fingerprint density at radius 3 is 2.45 bits per heavy atom. The van der Waals surface area contributed by atoms with E-state index < -0.39 is 40.6 Å². The molecular formula is C12H7F5N2O. The highest BCUT2D eigenvalue weighted by Gasteiger charge is 2.60. The van der Waals surface area contributed by atoms with Crippen molar-refractivity contribution in [3.8, 4) is 11.8 Å². The number of alkyl halides is 3. The maximum absolute atomic E-state index is 13.8. The Morgan fingerprint density at radius 2 is 1.90 bits per heavy atom. The maximum Gasteiger partial charge on any atom is 0.427 e. The molecule has 0 saturated carbocycles. The molecule has 1 aliphatic heterocycles. The highest BCUT2D eigenvalue weighted by molar-refractivity contribution is 5.94. The highest BCUT2D eigenvalue weighted by Crippen LogP contribution is 2.45. The van der Waals surface area contributed by atoms with Crippen molar-refractivity contribution in [1.82, 2.24) is 5.32 Å². The number of hydrogen-bond acceptors (Lipinski definition) is 1. The van der Waals surface area contributed by atoms with Gasteiger partial charge in [-0.3, -0.25) is 0 Å². The van der Waals surface area contributed by atoms with Crippen LogP contribution in [0.15, 0.2) is 12.1 Å². The van der Waals surface area contributed by atoms with Gasteiger partial charge in [-0.15, -0.1) is 5.92 Å². The molecule has 0 radical (unpaired) electrons. The van der Waals surface area contributed by atoms with Gasteiger partial charge in [-0.05, 0) is 19.1 Å². The van der Waals surface area contributed by atoms with Gasteiger partial charge in [0.2, 0.25) is 5.54 Å². The number of halogens is 5. The number of hydrogen-bond donors (Lipinski definition) is 2. The van der Waals surface area contributed by atoms with Gasteiger partial charge in [0.1, 0.15) is 0 Å². The minimum absolute atomic E-state index is 0.479. The number of urea groups is 1. The van der Waals surface area contributed by atoms with Crippen molar-refractivity contribution in [3.05, 3.63) is 29.3 Å². The smallest absolute Gasteiger partial charge is 0.310 e. The van der Waals surface area contributed by atoms with Crippen LogP contribution >= 0.6 is 0 Å². The molecule has 0 fully saturated rings. The number of fused-ring (bicyclic) bond motifs is 1. The Bertz CT molecular complexity index is 644. The van der Waals surface area contributed by atoms with Crippen LogP contribution in [0, 0.1) is 23.5 Å². The lowest BCUT2D eigenvalue weighted by molar-refractivity contribution is -0.179. The van der Waals surface area contributed by atoms with Gasteiger partial charge in [-0.25, -0.2) is 13.6 Å². The van der Waals surface area contributed by atoms with E-state index in [2.05, 4.69) is 0 Å². The molecule has 1 unspecified atom stereocenters. The van der Waals surface area contributed by atoms with Crippen LogP contribution in [0.2, 0.25) is 0 Å². The quantitative estimate of drug-likeness (QED) is 0.560. The molecule has 0 aromatic heterocycles. The minimum atomic E-state index is -5.13. The first-order valence-electron chi connectivity index (χ1n) is 5.31. The fraction of sp³-hybridized carbons (Fsp3) is 0.250. The van der Waals surface area contributed by atoms with Gasteiger partial charge in [-0.1, -0.05) is 5.92 Å². The van der Waals surface area contributed by atoms with Crippen LogP contribution in [0.25, 0.3) is 0 Å². The van der Waals surface area contributed by atoms with Crippen LogP contribution in [-0.4, -0.2) is 12.2 Å². The first kappa shape index (κ1) is 14.1. The van der Waals surface area contributed by atoms with Gasteiger partial charge < -0.3 is 10.6 Å². The first-order chi connectivity index (χ1) is 9.23. The zero-order chi connectivity index (χ0) is 15.1. The number of benzene rings is 1. The van der Waals surface area contributed by atoms with Crippen molar-refractivity contribution in [1.29, 1.82) is 0 Å². The van der Waals surface area contributed by atoms with E-state index in [4.69, 9.17) is 0 Å². The molecule has 2 amide bonds. The molecule has 0 spiro atoms. The molecule has 1 aromatic carbocycles.